The zero-order valence-electron chi connectivity index (χ0n) is 25.6. The van der Waals surface area contributed by atoms with Crippen LogP contribution in [0.1, 0.15) is 36.2 Å². The molecule has 2 aromatic heterocycles. The molecule has 0 bridgehead atoms. The van der Waals surface area contributed by atoms with E-state index in [2.05, 4.69) is 36.6 Å². The van der Waals surface area contributed by atoms with Gasteiger partial charge in [-0.1, -0.05) is 60.6 Å². The van der Waals surface area contributed by atoms with Gasteiger partial charge in [0.2, 0.25) is 29.3 Å². The molecule has 0 aliphatic heterocycles. The number of pyridine rings is 1. The van der Waals surface area contributed by atoms with Crippen molar-refractivity contribution in [3.05, 3.63) is 83.0 Å². The Balaban J connectivity index is 1.31. The highest BCUT2D eigenvalue weighted by molar-refractivity contribution is 6.32. The maximum atomic E-state index is 13.1. The van der Waals surface area contributed by atoms with Gasteiger partial charge < -0.3 is 31.8 Å². The van der Waals surface area contributed by atoms with Gasteiger partial charge in [0, 0.05) is 31.1 Å². The van der Waals surface area contributed by atoms with Crippen molar-refractivity contribution < 1.29 is 28.8 Å². The first-order valence-corrected chi connectivity index (χ1v) is 15.0. The molecule has 0 fully saturated rings. The smallest absolute Gasteiger partial charge is 0.251 e. The predicted octanol–water partition coefficient (Wildman–Crippen LogP) is 0.912. The Morgan fingerprint density at radius 2 is 1.72 bits per heavy atom. The molecule has 5 amide bonds. The summed E-state index contributed by atoms with van der Waals surface area (Å²) in [6.07, 6.45) is 1.60. The largest absolute Gasteiger partial charge is 0.368 e. The van der Waals surface area contributed by atoms with Crippen molar-refractivity contribution in [3.8, 4) is 5.75 Å². The van der Waals surface area contributed by atoms with Gasteiger partial charge in [-0.2, -0.15) is 0 Å². The molecule has 0 spiro atoms. The summed E-state index contributed by atoms with van der Waals surface area (Å²) < 4.78 is 0. The number of primary amides is 1. The van der Waals surface area contributed by atoms with Crippen molar-refractivity contribution in [3.63, 3.8) is 0 Å². The molecule has 47 heavy (non-hydrogen) atoms. The van der Waals surface area contributed by atoms with E-state index >= 15 is 0 Å². The monoisotopic (exact) mass is 663 g/mol. The molecule has 0 saturated heterocycles. The number of fused-ring (bicyclic) bond motifs is 1. The zero-order valence-corrected chi connectivity index (χ0v) is 26.4. The van der Waals surface area contributed by atoms with Gasteiger partial charge in [0.15, 0.2) is 5.75 Å². The van der Waals surface area contributed by atoms with Crippen LogP contribution < -0.4 is 31.8 Å². The van der Waals surface area contributed by atoms with Crippen LogP contribution in [0.15, 0.2) is 66.9 Å². The molecule has 16 heteroatoms. The van der Waals surface area contributed by atoms with E-state index in [0.29, 0.717) is 11.2 Å². The molecule has 6 N–H and O–H groups in total. The minimum absolute atomic E-state index is 0.0611. The normalized spacial score (nSPS) is 12.2. The third-order valence-electron chi connectivity index (χ3n) is 6.82. The lowest BCUT2D eigenvalue weighted by atomic mass is 10.0. The number of nitrogens with two attached hydrogens (primary N) is 1. The number of aromatic nitrogens is 4. The molecule has 2 aromatic carbocycles. The molecular formula is C31H34ClN9O6. The molecule has 246 valence electrons. The van der Waals surface area contributed by atoms with E-state index in [1.807, 2.05) is 6.07 Å². The van der Waals surface area contributed by atoms with Gasteiger partial charge in [-0.15, -0.1) is 5.10 Å². The van der Waals surface area contributed by atoms with Crippen molar-refractivity contribution in [1.29, 1.82) is 0 Å². The summed E-state index contributed by atoms with van der Waals surface area (Å²) in [5.41, 5.74) is 7.00. The summed E-state index contributed by atoms with van der Waals surface area (Å²) in [4.78, 5) is 73.5. The third kappa shape index (κ3) is 9.71. The number of benzene rings is 2. The van der Waals surface area contributed by atoms with Gasteiger partial charge >= 0.3 is 0 Å². The number of nitrogens with zero attached hydrogens (tertiary/aromatic N) is 4. The van der Waals surface area contributed by atoms with Gasteiger partial charge in [0.1, 0.15) is 17.6 Å². The second-order valence-corrected chi connectivity index (χ2v) is 11.2. The van der Waals surface area contributed by atoms with Crippen molar-refractivity contribution in [2.75, 3.05) is 13.1 Å². The van der Waals surface area contributed by atoms with Crippen molar-refractivity contribution in [2.24, 2.45) is 11.7 Å². The third-order valence-corrected chi connectivity index (χ3v) is 7.11. The fourth-order valence-corrected chi connectivity index (χ4v) is 4.62. The zero-order chi connectivity index (χ0) is 33.9. The molecule has 2 atom stereocenters. The molecular weight excluding hydrogens is 630 g/mol. The molecule has 0 radical (unpaired) electrons. The van der Waals surface area contributed by atoms with Crippen molar-refractivity contribution in [2.45, 2.75) is 38.8 Å². The van der Waals surface area contributed by atoms with E-state index in [4.69, 9.17) is 22.2 Å². The molecule has 0 saturated carbocycles. The fraction of sp³-hybridized carbons (Fsp3) is 0.290. The quantitative estimate of drug-likeness (QED) is 0.122. The first-order valence-electron chi connectivity index (χ1n) is 14.6. The van der Waals surface area contributed by atoms with Crippen LogP contribution in [0.25, 0.3) is 11.2 Å². The SMILES string of the molecule is CC(C)[C@H](NC(=O)c1ccc(On2nnc3cccnc32)c(Cl)c1)C(=O)NCCC(=O)N[C@@H](Cc1ccccc1)C(=O)NCC(N)=O. The maximum Gasteiger partial charge on any atom is 0.251 e. The Bertz CT molecular complexity index is 1750. The second kappa shape index (κ2) is 16.1. The number of hydrogen-bond donors (Lipinski definition) is 5. The van der Waals surface area contributed by atoms with E-state index in [1.165, 1.54) is 18.2 Å². The number of rotatable bonds is 15. The molecule has 4 rings (SSSR count). The number of hydrogen-bond acceptors (Lipinski definition) is 9. The van der Waals surface area contributed by atoms with Gasteiger partial charge in [-0.3, -0.25) is 24.0 Å². The van der Waals surface area contributed by atoms with Crippen LogP contribution in [0.5, 0.6) is 5.75 Å². The number of carbonyl (C=O) groups is 5. The highest BCUT2D eigenvalue weighted by Crippen LogP contribution is 2.26. The van der Waals surface area contributed by atoms with E-state index in [0.717, 1.165) is 10.4 Å². The highest BCUT2D eigenvalue weighted by Gasteiger charge is 2.26. The lowest BCUT2D eigenvalue weighted by Crippen LogP contribution is -2.51. The van der Waals surface area contributed by atoms with Gasteiger partial charge in [0.25, 0.3) is 5.91 Å². The Labute approximate surface area is 274 Å². The average molecular weight is 664 g/mol. The van der Waals surface area contributed by atoms with Gasteiger partial charge in [-0.25, -0.2) is 4.98 Å². The van der Waals surface area contributed by atoms with Crippen LogP contribution in [0.3, 0.4) is 0 Å². The molecule has 15 nitrogen and oxygen atoms in total. The summed E-state index contributed by atoms with van der Waals surface area (Å²) in [7, 11) is 0. The summed E-state index contributed by atoms with van der Waals surface area (Å²) >= 11 is 6.38. The summed E-state index contributed by atoms with van der Waals surface area (Å²) in [5, 5.41) is 18.4. The topological polar surface area (TPSA) is 212 Å². The van der Waals surface area contributed by atoms with E-state index in [1.54, 1.807) is 56.4 Å². The highest BCUT2D eigenvalue weighted by atomic mass is 35.5. The number of nitrogens with one attached hydrogen (secondary N) is 4. The van der Waals surface area contributed by atoms with Crippen LogP contribution in [-0.2, 0) is 25.6 Å². The summed E-state index contributed by atoms with van der Waals surface area (Å²) in [5.74, 6) is -2.95. The first-order chi connectivity index (χ1) is 22.5. The lowest BCUT2D eigenvalue weighted by molar-refractivity contribution is -0.130. The number of amides is 5. The number of carbonyl (C=O) groups excluding carboxylic acids is 5. The summed E-state index contributed by atoms with van der Waals surface area (Å²) in [6, 6.07) is 14.9. The van der Waals surface area contributed by atoms with Crippen molar-refractivity contribution in [1.82, 2.24) is 41.4 Å². The Hall–Kier alpha value is -5.57. The van der Waals surface area contributed by atoms with Crippen LogP contribution in [-0.4, -0.2) is 74.9 Å². The molecule has 0 aliphatic rings. The van der Waals surface area contributed by atoms with E-state index < -0.39 is 41.6 Å². The molecule has 0 unspecified atom stereocenters. The van der Waals surface area contributed by atoms with Crippen molar-refractivity contribution >= 4 is 52.3 Å². The Morgan fingerprint density at radius 3 is 2.43 bits per heavy atom. The molecule has 2 heterocycles. The standard InChI is InChI=1S/C31H34ClN9O6/c1-18(2)27(38-29(44)20-10-11-24(21(32)16-20)47-41-28-22(39-40-41)9-6-13-34-28)31(46)35-14-12-26(43)37-23(30(45)36-17-25(33)42)15-19-7-4-3-5-8-19/h3-11,13,16,18,23,27H,12,14-15,17H2,1-2H3,(H2,33,42)(H,35,46)(H,36,45)(H,37,43)(H,38,44)/t23-,27-/m0/s1. The first kappa shape index (κ1) is 34.3. The second-order valence-electron chi connectivity index (χ2n) is 10.8. The van der Waals surface area contributed by atoms with Crippen LogP contribution >= 0.6 is 11.6 Å². The molecule has 4 aromatic rings. The average Bonchev–Trinajstić information content (AvgIpc) is 3.45. The minimum Gasteiger partial charge on any atom is -0.368 e. The van der Waals surface area contributed by atoms with Crippen LogP contribution in [0.2, 0.25) is 5.02 Å². The fourth-order valence-electron chi connectivity index (χ4n) is 4.41. The van der Waals surface area contributed by atoms with Gasteiger partial charge in [-0.05, 0) is 47.0 Å². The predicted molar refractivity (Wildman–Crippen MR) is 171 cm³/mol. The minimum atomic E-state index is -0.974. The van der Waals surface area contributed by atoms with Crippen LogP contribution in [0, 0.1) is 5.92 Å². The number of halogens is 1. The maximum absolute atomic E-state index is 13.1. The Morgan fingerprint density at radius 1 is 0.957 bits per heavy atom. The lowest BCUT2D eigenvalue weighted by Gasteiger charge is -2.22. The van der Waals surface area contributed by atoms with Gasteiger partial charge in [0.05, 0.1) is 11.6 Å². The Kier molecular flexibility index (Phi) is 11.8. The summed E-state index contributed by atoms with van der Waals surface area (Å²) in [6.45, 7) is 3.09. The van der Waals surface area contributed by atoms with E-state index in [-0.39, 0.29) is 48.2 Å². The van der Waals surface area contributed by atoms with Crippen LogP contribution in [0.4, 0.5) is 0 Å². The van der Waals surface area contributed by atoms with E-state index in [9.17, 15) is 24.0 Å². The molecule has 0 aliphatic carbocycles.